The Balaban J connectivity index is 2.02. The first-order valence-electron chi connectivity index (χ1n) is 8.61. The van der Waals surface area contributed by atoms with Gasteiger partial charge in [0.05, 0.1) is 6.61 Å². The van der Waals surface area contributed by atoms with Crippen LogP contribution in [0, 0.1) is 0 Å². The molecular formula is C18H27NO9. The van der Waals surface area contributed by atoms with Gasteiger partial charge < -0.3 is 44.0 Å². The average molecular weight is 401 g/mol. The molecule has 158 valence electrons. The van der Waals surface area contributed by atoms with Crippen LogP contribution >= 0.6 is 0 Å². The third kappa shape index (κ3) is 5.31. The monoisotopic (exact) mass is 401 g/mol. The highest BCUT2D eigenvalue weighted by atomic mass is 16.7. The number of ether oxygens (including phenoxy) is 6. The minimum atomic E-state index is -0.790. The summed E-state index contributed by atoms with van der Waals surface area (Å²) in [4.78, 5) is 12.2. The van der Waals surface area contributed by atoms with Crippen molar-refractivity contribution in [1.82, 2.24) is 0 Å². The summed E-state index contributed by atoms with van der Waals surface area (Å²) >= 11 is 0. The Morgan fingerprint density at radius 2 is 1.75 bits per heavy atom. The van der Waals surface area contributed by atoms with Gasteiger partial charge >= 0.3 is 0 Å². The molecule has 0 spiro atoms. The number of phenolic OH excluding ortho intramolecular Hbond substituents is 2. The highest BCUT2D eigenvalue weighted by Gasteiger charge is 2.47. The van der Waals surface area contributed by atoms with Crippen LogP contribution in [0.5, 0.6) is 11.5 Å². The van der Waals surface area contributed by atoms with E-state index >= 15 is 0 Å². The number of methoxy groups -OCH3 is 4. The Morgan fingerprint density at radius 1 is 1.04 bits per heavy atom. The molecule has 10 nitrogen and oxygen atoms in total. The number of rotatable bonds is 9. The molecule has 1 aromatic carbocycles. The van der Waals surface area contributed by atoms with Gasteiger partial charge in [0.2, 0.25) is 5.91 Å². The maximum Gasteiger partial charge on any atom is 0.250 e. The fourth-order valence-corrected chi connectivity index (χ4v) is 3.07. The molecule has 0 saturated carbocycles. The second kappa shape index (κ2) is 10.6. The van der Waals surface area contributed by atoms with E-state index in [9.17, 15) is 15.0 Å². The molecule has 1 amide bonds. The van der Waals surface area contributed by atoms with Gasteiger partial charge in [0, 0.05) is 40.2 Å². The lowest BCUT2D eigenvalue weighted by Gasteiger charge is -2.44. The molecule has 0 aromatic heterocycles. The first kappa shape index (κ1) is 22.3. The Labute approximate surface area is 163 Å². The third-order valence-electron chi connectivity index (χ3n) is 4.36. The first-order chi connectivity index (χ1) is 13.4. The number of hydrogen-bond donors (Lipinski definition) is 3. The maximum absolute atomic E-state index is 12.2. The SMILES string of the molecule is COCC1OC(OC)C(OCC(=O)Nc2ccc(O)c(O)c2)C(OC)C1OC. The van der Waals surface area contributed by atoms with Gasteiger partial charge in [-0.05, 0) is 12.1 Å². The molecule has 10 heteroatoms. The van der Waals surface area contributed by atoms with E-state index in [0.717, 1.165) is 0 Å². The van der Waals surface area contributed by atoms with E-state index in [4.69, 9.17) is 28.4 Å². The Hall–Kier alpha value is -1.95. The zero-order chi connectivity index (χ0) is 20.7. The fourth-order valence-electron chi connectivity index (χ4n) is 3.07. The average Bonchev–Trinajstić information content (AvgIpc) is 2.68. The standard InChI is InChI=1S/C18H27NO9/c1-23-8-13-15(24-2)16(25-3)17(18(26-4)28-13)27-9-14(22)19-10-5-6-11(20)12(21)7-10/h5-7,13,15-18,20-21H,8-9H2,1-4H3,(H,19,22). The molecule has 1 saturated heterocycles. The minimum Gasteiger partial charge on any atom is -0.504 e. The number of anilines is 1. The van der Waals surface area contributed by atoms with Gasteiger partial charge in [-0.2, -0.15) is 0 Å². The number of hydrogen-bond acceptors (Lipinski definition) is 9. The molecule has 3 N–H and O–H groups in total. The van der Waals surface area contributed by atoms with Crippen molar-refractivity contribution in [2.45, 2.75) is 30.7 Å². The summed E-state index contributed by atoms with van der Waals surface area (Å²) in [6.07, 6.45) is -3.00. The van der Waals surface area contributed by atoms with Crippen LogP contribution in [-0.4, -0.2) is 88.5 Å². The number of phenols is 2. The van der Waals surface area contributed by atoms with Crippen molar-refractivity contribution in [3.63, 3.8) is 0 Å². The summed E-state index contributed by atoms with van der Waals surface area (Å²) in [5.74, 6) is -1.09. The molecule has 5 atom stereocenters. The highest BCUT2D eigenvalue weighted by Crippen LogP contribution is 2.29. The van der Waals surface area contributed by atoms with Gasteiger partial charge in [0.25, 0.3) is 0 Å². The van der Waals surface area contributed by atoms with Gasteiger partial charge in [0.1, 0.15) is 31.0 Å². The van der Waals surface area contributed by atoms with Gasteiger partial charge in [-0.25, -0.2) is 0 Å². The molecular weight excluding hydrogens is 374 g/mol. The van der Waals surface area contributed by atoms with Crippen molar-refractivity contribution in [1.29, 1.82) is 0 Å². The first-order valence-corrected chi connectivity index (χ1v) is 8.61. The topological polar surface area (TPSA) is 125 Å². The largest absolute Gasteiger partial charge is 0.504 e. The van der Waals surface area contributed by atoms with Gasteiger partial charge in [0.15, 0.2) is 17.8 Å². The summed E-state index contributed by atoms with van der Waals surface area (Å²) in [7, 11) is 6.04. The Morgan fingerprint density at radius 3 is 2.32 bits per heavy atom. The van der Waals surface area contributed by atoms with Crippen LogP contribution in [0.15, 0.2) is 18.2 Å². The van der Waals surface area contributed by atoms with E-state index in [1.54, 1.807) is 7.11 Å². The summed E-state index contributed by atoms with van der Waals surface area (Å²) in [5, 5.41) is 21.4. The molecule has 0 bridgehead atoms. The van der Waals surface area contributed by atoms with Crippen molar-refractivity contribution >= 4 is 11.6 Å². The van der Waals surface area contributed by atoms with E-state index < -0.39 is 36.6 Å². The van der Waals surface area contributed by atoms with Crippen LogP contribution < -0.4 is 5.32 Å². The van der Waals surface area contributed by atoms with Crippen LogP contribution in [0.1, 0.15) is 0 Å². The third-order valence-corrected chi connectivity index (χ3v) is 4.36. The highest BCUT2D eigenvalue weighted by molar-refractivity contribution is 5.92. The van der Waals surface area contributed by atoms with E-state index in [2.05, 4.69) is 5.32 Å². The number of benzene rings is 1. The van der Waals surface area contributed by atoms with E-state index in [1.807, 2.05) is 0 Å². The summed E-state index contributed by atoms with van der Waals surface area (Å²) in [5.41, 5.74) is 0.310. The number of nitrogens with one attached hydrogen (secondary N) is 1. The predicted octanol–water partition coefficient (Wildman–Crippen LogP) is 0.469. The minimum absolute atomic E-state index is 0.274. The lowest BCUT2D eigenvalue weighted by molar-refractivity contribution is -0.310. The van der Waals surface area contributed by atoms with Gasteiger partial charge in [-0.1, -0.05) is 0 Å². The predicted molar refractivity (Wildman–Crippen MR) is 97.3 cm³/mol. The molecule has 28 heavy (non-hydrogen) atoms. The molecule has 0 radical (unpaired) electrons. The number of aromatic hydroxyl groups is 2. The maximum atomic E-state index is 12.2. The van der Waals surface area contributed by atoms with Crippen LogP contribution in [0.2, 0.25) is 0 Å². The smallest absolute Gasteiger partial charge is 0.250 e. The Kier molecular flexibility index (Phi) is 8.42. The summed E-state index contributed by atoms with van der Waals surface area (Å²) in [6, 6.07) is 3.94. The van der Waals surface area contributed by atoms with Crippen LogP contribution in [0.3, 0.4) is 0 Å². The number of carbonyl (C=O) groups is 1. The van der Waals surface area contributed by atoms with E-state index in [1.165, 1.54) is 39.5 Å². The lowest BCUT2D eigenvalue weighted by Crippen LogP contribution is -2.61. The molecule has 1 heterocycles. The van der Waals surface area contributed by atoms with Crippen molar-refractivity contribution in [3.8, 4) is 11.5 Å². The molecule has 1 aliphatic heterocycles. The van der Waals surface area contributed by atoms with Crippen molar-refractivity contribution in [2.75, 3.05) is 47.0 Å². The number of amides is 1. The molecule has 1 fully saturated rings. The second-order valence-electron chi connectivity index (χ2n) is 6.16. The van der Waals surface area contributed by atoms with Crippen molar-refractivity contribution in [3.05, 3.63) is 18.2 Å². The molecule has 1 aromatic rings. The zero-order valence-electron chi connectivity index (χ0n) is 16.3. The van der Waals surface area contributed by atoms with Gasteiger partial charge in [-0.15, -0.1) is 0 Å². The Bertz CT molecular complexity index is 641. The quantitative estimate of drug-likeness (QED) is 0.400. The zero-order valence-corrected chi connectivity index (χ0v) is 16.3. The van der Waals surface area contributed by atoms with Crippen LogP contribution in [0.4, 0.5) is 5.69 Å². The van der Waals surface area contributed by atoms with Crippen LogP contribution in [0.25, 0.3) is 0 Å². The van der Waals surface area contributed by atoms with Crippen molar-refractivity contribution in [2.24, 2.45) is 0 Å². The van der Waals surface area contributed by atoms with Gasteiger partial charge in [-0.3, -0.25) is 4.79 Å². The number of carbonyl (C=O) groups excluding carboxylic acids is 1. The summed E-state index contributed by atoms with van der Waals surface area (Å²) < 4.78 is 33.1. The molecule has 5 unspecified atom stereocenters. The summed E-state index contributed by atoms with van der Waals surface area (Å²) in [6.45, 7) is -0.0451. The van der Waals surface area contributed by atoms with E-state index in [0.29, 0.717) is 5.69 Å². The second-order valence-corrected chi connectivity index (χ2v) is 6.16. The molecule has 2 rings (SSSR count). The fraction of sp³-hybridized carbons (Fsp3) is 0.611. The molecule has 1 aliphatic rings. The van der Waals surface area contributed by atoms with E-state index in [-0.39, 0.29) is 24.7 Å². The normalized spacial score (nSPS) is 27.5. The molecule has 0 aliphatic carbocycles. The van der Waals surface area contributed by atoms with Crippen molar-refractivity contribution < 1.29 is 43.4 Å². The van der Waals surface area contributed by atoms with Crippen LogP contribution in [-0.2, 0) is 33.2 Å². The lowest BCUT2D eigenvalue weighted by atomic mass is 9.98.